The zero-order valence-corrected chi connectivity index (χ0v) is 15.8. The predicted molar refractivity (Wildman–Crippen MR) is 106 cm³/mol. The van der Waals surface area contributed by atoms with Crippen LogP contribution in [0.15, 0.2) is 48.1 Å². The first-order valence-corrected chi connectivity index (χ1v) is 9.39. The molecule has 0 aliphatic carbocycles. The second kappa shape index (κ2) is 7.34. The molecule has 27 heavy (non-hydrogen) atoms. The molecular weight excluding hydrogens is 362 g/mol. The van der Waals surface area contributed by atoms with Gasteiger partial charge in [-0.3, -0.25) is 4.40 Å². The lowest BCUT2D eigenvalue weighted by Crippen LogP contribution is -2.16. The molecule has 4 rings (SSSR count). The molecule has 3 aromatic heterocycles. The van der Waals surface area contributed by atoms with E-state index in [0.717, 1.165) is 33.4 Å². The van der Waals surface area contributed by atoms with Crippen molar-refractivity contribution in [2.75, 3.05) is 19.0 Å². The molecule has 3 heterocycles. The molecule has 7 nitrogen and oxygen atoms in total. The Morgan fingerprint density at radius 1 is 1.30 bits per heavy atom. The lowest BCUT2D eigenvalue weighted by atomic mass is 10.1. The van der Waals surface area contributed by atoms with Gasteiger partial charge >= 0.3 is 0 Å². The minimum Gasteiger partial charge on any atom is -0.497 e. The van der Waals surface area contributed by atoms with E-state index in [4.69, 9.17) is 9.72 Å². The van der Waals surface area contributed by atoms with Crippen molar-refractivity contribution in [3.63, 3.8) is 0 Å². The monoisotopic (exact) mass is 381 g/mol. The van der Waals surface area contributed by atoms with Crippen LogP contribution in [-0.2, 0) is 0 Å². The third kappa shape index (κ3) is 3.49. The van der Waals surface area contributed by atoms with Crippen molar-refractivity contribution in [2.24, 2.45) is 0 Å². The summed E-state index contributed by atoms with van der Waals surface area (Å²) in [7, 11) is 1.65. The molecule has 2 N–H and O–H groups in total. The molecule has 1 atom stereocenters. The zero-order chi connectivity index (χ0) is 18.8. The van der Waals surface area contributed by atoms with E-state index in [-0.39, 0.29) is 0 Å². The maximum absolute atomic E-state index is 9.48. The Balaban J connectivity index is 1.83. The number of benzene rings is 1. The van der Waals surface area contributed by atoms with Crippen molar-refractivity contribution < 1.29 is 9.84 Å². The molecule has 4 aromatic rings. The summed E-state index contributed by atoms with van der Waals surface area (Å²) in [6, 6.07) is 9.68. The molecule has 0 bridgehead atoms. The highest BCUT2D eigenvalue weighted by atomic mass is 32.1. The molecule has 0 radical (unpaired) electrons. The second-order valence-corrected chi connectivity index (χ2v) is 6.96. The lowest BCUT2D eigenvalue weighted by Gasteiger charge is -2.09. The van der Waals surface area contributed by atoms with Crippen molar-refractivity contribution in [3.05, 3.63) is 48.1 Å². The molecule has 0 saturated carbocycles. The van der Waals surface area contributed by atoms with Gasteiger partial charge in [0.15, 0.2) is 4.96 Å². The number of thiazole rings is 1. The fraction of sp³-hybridized carbons (Fsp3) is 0.211. The van der Waals surface area contributed by atoms with Crippen LogP contribution in [0.1, 0.15) is 6.92 Å². The summed E-state index contributed by atoms with van der Waals surface area (Å²) in [5.41, 5.74) is 3.43. The van der Waals surface area contributed by atoms with Gasteiger partial charge in [-0.2, -0.15) is 0 Å². The molecule has 0 aliphatic heterocycles. The summed E-state index contributed by atoms with van der Waals surface area (Å²) >= 11 is 1.57. The Bertz CT molecular complexity index is 1070. The number of aromatic nitrogens is 4. The Morgan fingerprint density at radius 2 is 2.19 bits per heavy atom. The Hall–Kier alpha value is -2.97. The van der Waals surface area contributed by atoms with Crippen LogP contribution in [0.4, 0.5) is 5.95 Å². The van der Waals surface area contributed by atoms with Crippen LogP contribution in [0.3, 0.4) is 0 Å². The van der Waals surface area contributed by atoms with Gasteiger partial charge in [0.05, 0.1) is 24.6 Å². The fourth-order valence-electron chi connectivity index (χ4n) is 2.82. The molecule has 1 unspecified atom stereocenters. The minimum atomic E-state index is -0.483. The largest absolute Gasteiger partial charge is 0.497 e. The highest BCUT2D eigenvalue weighted by molar-refractivity contribution is 7.15. The molecule has 0 fully saturated rings. The maximum Gasteiger partial charge on any atom is 0.223 e. The molecule has 138 valence electrons. The van der Waals surface area contributed by atoms with E-state index in [2.05, 4.69) is 15.3 Å². The smallest absolute Gasteiger partial charge is 0.223 e. The molecule has 8 heteroatoms. The van der Waals surface area contributed by atoms with Crippen LogP contribution in [0.25, 0.3) is 27.6 Å². The van der Waals surface area contributed by atoms with Crippen LogP contribution in [0.5, 0.6) is 5.75 Å². The summed E-state index contributed by atoms with van der Waals surface area (Å²) in [4.78, 5) is 14.6. The second-order valence-electron chi connectivity index (χ2n) is 6.09. The summed E-state index contributed by atoms with van der Waals surface area (Å²) in [6.45, 7) is 2.09. The highest BCUT2D eigenvalue weighted by Gasteiger charge is 2.18. The quantitative estimate of drug-likeness (QED) is 0.533. The number of fused-ring (bicyclic) bond motifs is 1. The summed E-state index contributed by atoms with van der Waals surface area (Å²) in [5.74, 6) is 1.24. The number of hydrogen-bond donors (Lipinski definition) is 2. The number of imidazole rings is 1. The topological polar surface area (TPSA) is 84.6 Å². The van der Waals surface area contributed by atoms with E-state index >= 15 is 0 Å². The van der Waals surface area contributed by atoms with Crippen LogP contribution in [0.2, 0.25) is 0 Å². The van der Waals surface area contributed by atoms with E-state index < -0.39 is 6.10 Å². The highest BCUT2D eigenvalue weighted by Crippen LogP contribution is 2.34. The summed E-state index contributed by atoms with van der Waals surface area (Å²) in [6.07, 6.45) is 3.20. The van der Waals surface area contributed by atoms with Crippen molar-refractivity contribution in [3.8, 4) is 28.4 Å². The van der Waals surface area contributed by atoms with Gasteiger partial charge < -0.3 is 15.2 Å². The van der Waals surface area contributed by atoms with Gasteiger partial charge in [0.1, 0.15) is 11.4 Å². The van der Waals surface area contributed by atoms with Crippen LogP contribution in [-0.4, -0.2) is 44.2 Å². The first-order valence-electron chi connectivity index (χ1n) is 8.51. The van der Waals surface area contributed by atoms with Gasteiger partial charge in [-0.25, -0.2) is 15.0 Å². The van der Waals surface area contributed by atoms with E-state index in [1.54, 1.807) is 31.6 Å². The minimum absolute atomic E-state index is 0.381. The number of ether oxygens (including phenoxy) is 1. The first kappa shape index (κ1) is 17.4. The van der Waals surface area contributed by atoms with Gasteiger partial charge in [-0.15, -0.1) is 11.3 Å². The average Bonchev–Trinajstić information content (AvgIpc) is 3.27. The predicted octanol–water partition coefficient (Wildman–Crippen LogP) is 3.32. The number of hydrogen-bond acceptors (Lipinski definition) is 7. The van der Waals surface area contributed by atoms with E-state index in [1.807, 2.05) is 46.3 Å². The van der Waals surface area contributed by atoms with E-state index in [1.165, 1.54) is 0 Å². The van der Waals surface area contributed by atoms with Gasteiger partial charge in [0, 0.05) is 29.9 Å². The number of rotatable bonds is 6. The molecule has 0 amide bonds. The third-order valence-corrected chi connectivity index (χ3v) is 4.82. The Morgan fingerprint density at radius 3 is 3.00 bits per heavy atom. The molecule has 1 aromatic carbocycles. The average molecular weight is 381 g/mol. The number of nitrogens with one attached hydrogen (secondary N) is 1. The third-order valence-electron chi connectivity index (χ3n) is 4.06. The van der Waals surface area contributed by atoms with Crippen molar-refractivity contribution in [2.45, 2.75) is 13.0 Å². The normalized spacial score (nSPS) is 12.3. The van der Waals surface area contributed by atoms with Crippen LogP contribution >= 0.6 is 11.3 Å². The van der Waals surface area contributed by atoms with Gasteiger partial charge in [-0.1, -0.05) is 12.1 Å². The molecule has 0 aliphatic rings. The van der Waals surface area contributed by atoms with E-state index in [9.17, 15) is 5.11 Å². The first-order chi connectivity index (χ1) is 13.2. The van der Waals surface area contributed by atoms with E-state index in [0.29, 0.717) is 12.5 Å². The fourth-order valence-corrected chi connectivity index (χ4v) is 3.53. The molecular formula is C19H19N5O2S. The Kier molecular flexibility index (Phi) is 4.74. The van der Waals surface area contributed by atoms with Crippen molar-refractivity contribution in [1.82, 2.24) is 19.4 Å². The molecule has 0 saturated heterocycles. The summed E-state index contributed by atoms with van der Waals surface area (Å²) in [5, 5.41) is 14.5. The SMILES string of the molecule is COc1cccc(-c2nc3sccn3c2-c2ccnc(NCC(C)O)n2)c1. The van der Waals surface area contributed by atoms with Crippen LogP contribution < -0.4 is 10.1 Å². The number of nitrogens with zero attached hydrogens (tertiary/aromatic N) is 4. The number of anilines is 1. The van der Waals surface area contributed by atoms with Gasteiger partial charge in [0.25, 0.3) is 0 Å². The van der Waals surface area contributed by atoms with Crippen molar-refractivity contribution in [1.29, 1.82) is 0 Å². The van der Waals surface area contributed by atoms with Gasteiger partial charge in [0.2, 0.25) is 5.95 Å². The Labute approximate surface area is 160 Å². The summed E-state index contributed by atoms with van der Waals surface area (Å²) < 4.78 is 7.39. The number of aliphatic hydroxyl groups is 1. The standard InChI is InChI=1S/C19H19N5O2S/c1-12(25)11-21-18-20-7-6-15(22-18)17-16(23-19-24(17)8-9-27-19)13-4-3-5-14(10-13)26-2/h3-10,12,25H,11H2,1-2H3,(H,20,21,22). The zero-order valence-electron chi connectivity index (χ0n) is 15.0. The lowest BCUT2D eigenvalue weighted by molar-refractivity contribution is 0.208. The van der Waals surface area contributed by atoms with Gasteiger partial charge in [-0.05, 0) is 25.1 Å². The van der Waals surface area contributed by atoms with Crippen molar-refractivity contribution >= 4 is 22.2 Å². The maximum atomic E-state index is 9.48. The molecule has 0 spiro atoms. The number of methoxy groups -OCH3 is 1. The van der Waals surface area contributed by atoms with Crippen LogP contribution in [0, 0.1) is 0 Å². The number of aliphatic hydroxyl groups excluding tert-OH is 1.